The molecule has 1 aromatic heterocycles. The number of hydrogen-bond donors (Lipinski definition) is 0. The molecule has 0 aliphatic heterocycles. The first-order valence-corrected chi connectivity index (χ1v) is 5.78. The summed E-state index contributed by atoms with van der Waals surface area (Å²) >= 11 is 0. The minimum Gasteiger partial charge on any atom is -1.00 e. The van der Waals surface area contributed by atoms with Crippen LogP contribution < -0.4 is 21.5 Å². The van der Waals surface area contributed by atoms with Gasteiger partial charge in [-0.05, 0) is 17.9 Å². The second-order valence-corrected chi connectivity index (χ2v) is 4.02. The number of hydrogen-bond acceptors (Lipinski definition) is 0. The highest BCUT2D eigenvalue weighted by molar-refractivity contribution is 5.80. The number of unbranched alkanes of at least 4 members (excludes halogenated alkanes) is 2. The van der Waals surface area contributed by atoms with Crippen LogP contribution in [0.5, 0.6) is 0 Å². The molecule has 1 aromatic carbocycles. The molecule has 0 aliphatic rings. The number of rotatable bonds is 4. The summed E-state index contributed by atoms with van der Waals surface area (Å²) in [5, 5.41) is 2.65. The van der Waals surface area contributed by atoms with Crippen LogP contribution in [0.1, 0.15) is 26.2 Å². The van der Waals surface area contributed by atoms with Crippen molar-refractivity contribution in [2.75, 3.05) is 0 Å². The van der Waals surface area contributed by atoms with Gasteiger partial charge >= 0.3 is 0 Å². The molecule has 0 aliphatic carbocycles. The summed E-state index contributed by atoms with van der Waals surface area (Å²) in [7, 11) is 0. The molecular weight excluding hydrogens is 262 g/mol. The molecule has 0 saturated carbocycles. The second kappa shape index (κ2) is 6.64. The SMILES string of the molecule is CCCCC[n+]1ccc2ccccc2c1.[Br-]. The van der Waals surface area contributed by atoms with Crippen molar-refractivity contribution in [1.29, 1.82) is 0 Å². The Kier molecular flexibility index (Phi) is 5.47. The first-order valence-electron chi connectivity index (χ1n) is 5.78. The van der Waals surface area contributed by atoms with E-state index in [1.807, 2.05) is 0 Å². The third-order valence-electron chi connectivity index (χ3n) is 2.77. The van der Waals surface area contributed by atoms with Crippen LogP contribution in [-0.2, 0) is 6.54 Å². The molecule has 0 spiro atoms. The lowest BCUT2D eigenvalue weighted by Crippen LogP contribution is -3.00. The maximum atomic E-state index is 2.29. The summed E-state index contributed by atoms with van der Waals surface area (Å²) < 4.78 is 2.29. The first-order chi connectivity index (χ1) is 7.40. The minimum absolute atomic E-state index is 0. The average Bonchev–Trinajstić information content (AvgIpc) is 2.29. The maximum Gasteiger partial charge on any atom is 0.176 e. The van der Waals surface area contributed by atoms with Crippen LogP contribution >= 0.6 is 0 Å². The molecule has 0 N–H and O–H groups in total. The summed E-state index contributed by atoms with van der Waals surface area (Å²) in [6.45, 7) is 3.38. The monoisotopic (exact) mass is 279 g/mol. The molecule has 0 radical (unpaired) electrons. The normalized spacial score (nSPS) is 10.1. The fraction of sp³-hybridized carbons (Fsp3) is 0.357. The van der Waals surface area contributed by atoms with Gasteiger partial charge < -0.3 is 17.0 Å². The van der Waals surface area contributed by atoms with Gasteiger partial charge in [-0.15, -0.1) is 0 Å². The van der Waals surface area contributed by atoms with Crippen molar-refractivity contribution < 1.29 is 21.5 Å². The first kappa shape index (κ1) is 13.2. The summed E-state index contributed by atoms with van der Waals surface area (Å²) in [6.07, 6.45) is 8.30. The standard InChI is InChI=1S/C14H18N.BrH/c1-2-3-6-10-15-11-9-13-7-4-5-8-14(13)12-15;/h4-5,7-9,11-12H,2-3,6,10H2,1H3;1H/q+1;/p-1. The number of pyridine rings is 1. The Labute approximate surface area is 108 Å². The highest BCUT2D eigenvalue weighted by Crippen LogP contribution is 2.09. The third kappa shape index (κ3) is 3.31. The largest absolute Gasteiger partial charge is 1.00 e. The second-order valence-electron chi connectivity index (χ2n) is 4.02. The quantitative estimate of drug-likeness (QED) is 0.561. The van der Waals surface area contributed by atoms with Crippen LogP contribution in [0.3, 0.4) is 0 Å². The molecule has 16 heavy (non-hydrogen) atoms. The van der Waals surface area contributed by atoms with Crippen molar-refractivity contribution in [2.45, 2.75) is 32.7 Å². The van der Waals surface area contributed by atoms with Gasteiger partial charge in [0.25, 0.3) is 0 Å². The van der Waals surface area contributed by atoms with E-state index in [9.17, 15) is 0 Å². The number of aryl methyl sites for hydroxylation is 1. The number of benzene rings is 1. The van der Waals surface area contributed by atoms with E-state index < -0.39 is 0 Å². The summed E-state index contributed by atoms with van der Waals surface area (Å²) in [5.41, 5.74) is 0. The predicted octanol–water partition coefficient (Wildman–Crippen LogP) is 0.321. The average molecular weight is 280 g/mol. The Morgan fingerprint density at radius 1 is 1.00 bits per heavy atom. The molecular formula is C14H18BrN. The van der Waals surface area contributed by atoms with Crippen molar-refractivity contribution in [3.05, 3.63) is 42.7 Å². The van der Waals surface area contributed by atoms with Crippen LogP contribution in [0, 0.1) is 0 Å². The van der Waals surface area contributed by atoms with Gasteiger partial charge in [-0.3, -0.25) is 0 Å². The maximum absolute atomic E-state index is 2.29. The highest BCUT2D eigenvalue weighted by atomic mass is 79.9. The van der Waals surface area contributed by atoms with Crippen molar-refractivity contribution in [1.82, 2.24) is 0 Å². The van der Waals surface area contributed by atoms with Gasteiger partial charge in [0, 0.05) is 17.9 Å². The Hall–Kier alpha value is -0.890. The van der Waals surface area contributed by atoms with E-state index in [0.717, 1.165) is 6.54 Å². The topological polar surface area (TPSA) is 3.88 Å². The molecule has 1 heterocycles. The molecule has 0 unspecified atom stereocenters. The molecule has 2 aromatic rings. The van der Waals surface area contributed by atoms with Gasteiger partial charge in [-0.1, -0.05) is 31.5 Å². The molecule has 0 saturated heterocycles. The Morgan fingerprint density at radius 3 is 2.50 bits per heavy atom. The predicted molar refractivity (Wildman–Crippen MR) is 63.7 cm³/mol. The van der Waals surface area contributed by atoms with Crippen LogP contribution in [0.2, 0.25) is 0 Å². The van der Waals surface area contributed by atoms with Gasteiger partial charge in [0.1, 0.15) is 6.54 Å². The summed E-state index contributed by atoms with van der Waals surface area (Å²) in [6, 6.07) is 10.7. The lowest BCUT2D eigenvalue weighted by molar-refractivity contribution is -0.696. The summed E-state index contributed by atoms with van der Waals surface area (Å²) in [4.78, 5) is 0. The zero-order chi connectivity index (χ0) is 10.5. The van der Waals surface area contributed by atoms with Gasteiger partial charge in [0.15, 0.2) is 12.4 Å². The van der Waals surface area contributed by atoms with Crippen LogP contribution in [0.15, 0.2) is 42.7 Å². The van der Waals surface area contributed by atoms with E-state index in [1.165, 1.54) is 30.0 Å². The molecule has 0 atom stereocenters. The van der Waals surface area contributed by atoms with E-state index in [-0.39, 0.29) is 17.0 Å². The number of nitrogens with zero attached hydrogens (tertiary/aromatic N) is 1. The Balaban J connectivity index is 0.00000128. The zero-order valence-corrected chi connectivity index (χ0v) is 11.3. The fourth-order valence-electron chi connectivity index (χ4n) is 1.86. The molecule has 1 nitrogen and oxygen atoms in total. The zero-order valence-electron chi connectivity index (χ0n) is 9.70. The van der Waals surface area contributed by atoms with Crippen molar-refractivity contribution in [3.8, 4) is 0 Å². The Morgan fingerprint density at radius 2 is 1.75 bits per heavy atom. The van der Waals surface area contributed by atoms with Crippen molar-refractivity contribution >= 4 is 10.8 Å². The van der Waals surface area contributed by atoms with Gasteiger partial charge in [0.2, 0.25) is 0 Å². The van der Waals surface area contributed by atoms with Crippen molar-refractivity contribution in [2.24, 2.45) is 0 Å². The smallest absolute Gasteiger partial charge is 0.176 e. The molecule has 0 bridgehead atoms. The summed E-state index contributed by atoms with van der Waals surface area (Å²) in [5.74, 6) is 0. The van der Waals surface area contributed by atoms with E-state index in [1.54, 1.807) is 0 Å². The van der Waals surface area contributed by atoms with Gasteiger partial charge in [0.05, 0.1) is 0 Å². The number of fused-ring (bicyclic) bond motifs is 1. The molecule has 0 amide bonds. The van der Waals surface area contributed by atoms with Crippen LogP contribution in [-0.4, -0.2) is 0 Å². The molecule has 86 valence electrons. The lowest BCUT2D eigenvalue weighted by Gasteiger charge is -1.98. The highest BCUT2D eigenvalue weighted by Gasteiger charge is 2.01. The van der Waals surface area contributed by atoms with Crippen molar-refractivity contribution in [3.63, 3.8) is 0 Å². The van der Waals surface area contributed by atoms with Crippen LogP contribution in [0.4, 0.5) is 0 Å². The van der Waals surface area contributed by atoms with E-state index in [0.29, 0.717) is 0 Å². The number of aromatic nitrogens is 1. The fourth-order valence-corrected chi connectivity index (χ4v) is 1.86. The van der Waals surface area contributed by atoms with Gasteiger partial charge in [-0.2, -0.15) is 0 Å². The van der Waals surface area contributed by atoms with Crippen LogP contribution in [0.25, 0.3) is 10.8 Å². The molecule has 2 heteroatoms. The molecule has 0 fully saturated rings. The lowest BCUT2D eigenvalue weighted by atomic mass is 10.2. The minimum atomic E-state index is 0. The van der Waals surface area contributed by atoms with Gasteiger partial charge in [-0.25, -0.2) is 4.57 Å². The van der Waals surface area contributed by atoms with E-state index in [2.05, 4.69) is 54.2 Å². The molecule has 2 rings (SSSR count). The Bertz CT molecular complexity index is 439. The number of halogens is 1. The van der Waals surface area contributed by atoms with E-state index >= 15 is 0 Å². The third-order valence-corrected chi connectivity index (χ3v) is 2.77. The van der Waals surface area contributed by atoms with E-state index in [4.69, 9.17) is 0 Å².